The third-order valence-electron chi connectivity index (χ3n) is 4.50. The number of sulfonamides is 1. The molecule has 0 unspecified atom stereocenters. The summed E-state index contributed by atoms with van der Waals surface area (Å²) in [5.41, 5.74) is 5.00. The van der Waals surface area contributed by atoms with E-state index in [1.165, 1.54) is 9.87 Å². The summed E-state index contributed by atoms with van der Waals surface area (Å²) in [6, 6.07) is 12.0. The maximum absolute atomic E-state index is 13.0. The molecule has 2 aromatic carbocycles. The molecule has 0 aliphatic rings. The SMILES string of the molecule is Cc1cc(C)c(S(=O)(=O)N(C)Cc2ccc(C(C)(C)C)cc2)c(C)c1. The fraction of sp³-hybridized carbons (Fsp3) is 0.429. The van der Waals surface area contributed by atoms with Crippen LogP contribution in [0.25, 0.3) is 0 Å². The Morgan fingerprint density at radius 2 is 1.40 bits per heavy atom. The van der Waals surface area contributed by atoms with Crippen LogP contribution in [0.4, 0.5) is 0 Å². The van der Waals surface area contributed by atoms with Gasteiger partial charge in [0.15, 0.2) is 0 Å². The number of hydrogen-bond donors (Lipinski definition) is 0. The number of hydrogen-bond acceptors (Lipinski definition) is 2. The van der Waals surface area contributed by atoms with E-state index in [1.807, 2.05) is 45.0 Å². The highest BCUT2D eigenvalue weighted by Gasteiger charge is 2.25. The molecule has 0 radical (unpaired) electrons. The van der Waals surface area contributed by atoms with Gasteiger partial charge in [0.05, 0.1) is 4.90 Å². The number of nitrogens with zero attached hydrogens (tertiary/aromatic N) is 1. The largest absolute Gasteiger partial charge is 0.243 e. The zero-order chi connectivity index (χ0) is 19.0. The highest BCUT2D eigenvalue weighted by atomic mass is 32.2. The van der Waals surface area contributed by atoms with Crippen molar-refractivity contribution in [2.45, 2.75) is 58.4 Å². The highest BCUT2D eigenvalue weighted by Crippen LogP contribution is 2.26. The van der Waals surface area contributed by atoms with Gasteiger partial charge < -0.3 is 0 Å². The highest BCUT2D eigenvalue weighted by molar-refractivity contribution is 7.89. The summed E-state index contributed by atoms with van der Waals surface area (Å²) in [6.07, 6.45) is 0. The van der Waals surface area contributed by atoms with Crippen molar-refractivity contribution in [3.63, 3.8) is 0 Å². The van der Waals surface area contributed by atoms with Gasteiger partial charge in [-0.2, -0.15) is 4.31 Å². The van der Waals surface area contributed by atoms with Crippen molar-refractivity contribution in [1.29, 1.82) is 0 Å². The maximum atomic E-state index is 13.0. The Bertz CT molecular complexity index is 837. The molecular formula is C21H29NO2S. The third kappa shape index (κ3) is 4.31. The van der Waals surface area contributed by atoms with Crippen LogP contribution in [-0.4, -0.2) is 19.8 Å². The number of benzene rings is 2. The first-order valence-corrected chi connectivity index (χ1v) is 10.0. The molecule has 2 rings (SSSR count). The zero-order valence-corrected chi connectivity index (χ0v) is 17.2. The van der Waals surface area contributed by atoms with E-state index in [4.69, 9.17) is 0 Å². The van der Waals surface area contributed by atoms with E-state index in [0.717, 1.165) is 22.3 Å². The van der Waals surface area contributed by atoms with Gasteiger partial charge in [0.25, 0.3) is 0 Å². The van der Waals surface area contributed by atoms with E-state index < -0.39 is 10.0 Å². The van der Waals surface area contributed by atoms with E-state index in [2.05, 4.69) is 32.9 Å². The van der Waals surface area contributed by atoms with Gasteiger partial charge >= 0.3 is 0 Å². The molecule has 2 aromatic rings. The fourth-order valence-electron chi connectivity index (χ4n) is 3.18. The average molecular weight is 360 g/mol. The second-order valence-corrected chi connectivity index (χ2v) is 9.92. The molecule has 136 valence electrons. The second kappa shape index (κ2) is 6.93. The lowest BCUT2D eigenvalue weighted by Gasteiger charge is -2.22. The van der Waals surface area contributed by atoms with Crippen LogP contribution in [0.1, 0.15) is 48.6 Å². The molecule has 0 heterocycles. The molecule has 0 saturated heterocycles. The minimum absolute atomic E-state index is 0.0899. The summed E-state index contributed by atoms with van der Waals surface area (Å²) in [5, 5.41) is 0. The molecule has 0 spiro atoms. The monoisotopic (exact) mass is 359 g/mol. The van der Waals surface area contributed by atoms with Crippen LogP contribution in [0.15, 0.2) is 41.3 Å². The quantitative estimate of drug-likeness (QED) is 0.791. The molecule has 0 bridgehead atoms. The van der Waals surface area contributed by atoms with Gasteiger partial charge in [-0.15, -0.1) is 0 Å². The lowest BCUT2D eigenvalue weighted by Crippen LogP contribution is -2.28. The fourth-order valence-corrected chi connectivity index (χ4v) is 4.74. The Kier molecular flexibility index (Phi) is 5.45. The van der Waals surface area contributed by atoms with E-state index in [9.17, 15) is 8.42 Å². The third-order valence-corrected chi connectivity index (χ3v) is 6.61. The van der Waals surface area contributed by atoms with Crippen molar-refractivity contribution >= 4 is 10.0 Å². The summed E-state index contributed by atoms with van der Waals surface area (Å²) >= 11 is 0. The lowest BCUT2D eigenvalue weighted by molar-refractivity contribution is 0.465. The van der Waals surface area contributed by atoms with Crippen LogP contribution < -0.4 is 0 Å². The zero-order valence-electron chi connectivity index (χ0n) is 16.3. The van der Waals surface area contributed by atoms with E-state index in [0.29, 0.717) is 11.4 Å². The number of rotatable bonds is 4. The molecule has 0 atom stereocenters. The molecule has 0 aliphatic carbocycles. The topological polar surface area (TPSA) is 37.4 Å². The van der Waals surface area contributed by atoms with Crippen molar-refractivity contribution < 1.29 is 8.42 Å². The lowest BCUT2D eigenvalue weighted by atomic mass is 9.87. The molecule has 3 nitrogen and oxygen atoms in total. The standard InChI is InChI=1S/C21H29NO2S/c1-15-12-16(2)20(17(3)13-15)25(23,24)22(7)14-18-8-10-19(11-9-18)21(4,5)6/h8-13H,14H2,1-7H3. The first-order valence-electron chi connectivity index (χ1n) is 8.56. The van der Waals surface area contributed by atoms with Gasteiger partial charge in [-0.3, -0.25) is 0 Å². The van der Waals surface area contributed by atoms with Gasteiger partial charge in [-0.05, 0) is 48.4 Å². The first-order chi connectivity index (χ1) is 11.4. The summed E-state index contributed by atoms with van der Waals surface area (Å²) < 4.78 is 27.5. The summed E-state index contributed by atoms with van der Waals surface area (Å²) in [6.45, 7) is 12.6. The van der Waals surface area contributed by atoms with Crippen molar-refractivity contribution in [2.75, 3.05) is 7.05 Å². The molecule has 0 fully saturated rings. The summed E-state index contributed by atoms with van der Waals surface area (Å²) in [4.78, 5) is 0.423. The van der Waals surface area contributed by atoms with Crippen LogP contribution >= 0.6 is 0 Å². The molecule has 0 aliphatic heterocycles. The van der Waals surface area contributed by atoms with Crippen LogP contribution in [0, 0.1) is 20.8 Å². The Balaban J connectivity index is 2.30. The molecule has 0 aromatic heterocycles. The normalized spacial score (nSPS) is 12.6. The van der Waals surface area contributed by atoms with Gasteiger partial charge in [-0.1, -0.05) is 62.7 Å². The van der Waals surface area contributed by atoms with E-state index in [1.54, 1.807) is 7.05 Å². The van der Waals surface area contributed by atoms with Crippen LogP contribution in [0.3, 0.4) is 0 Å². The van der Waals surface area contributed by atoms with Gasteiger partial charge in [0.2, 0.25) is 10.0 Å². The Labute approximate surface area is 152 Å². The Morgan fingerprint density at radius 3 is 1.84 bits per heavy atom. The average Bonchev–Trinajstić information content (AvgIpc) is 2.45. The molecule has 0 N–H and O–H groups in total. The Morgan fingerprint density at radius 1 is 0.920 bits per heavy atom. The molecule has 25 heavy (non-hydrogen) atoms. The smallest absolute Gasteiger partial charge is 0.207 e. The van der Waals surface area contributed by atoms with Gasteiger partial charge in [0, 0.05) is 13.6 Å². The predicted molar refractivity (Wildman–Crippen MR) is 104 cm³/mol. The number of aryl methyl sites for hydroxylation is 3. The minimum Gasteiger partial charge on any atom is -0.207 e. The maximum Gasteiger partial charge on any atom is 0.243 e. The second-order valence-electron chi connectivity index (χ2n) is 7.94. The van der Waals surface area contributed by atoms with Crippen molar-refractivity contribution in [2.24, 2.45) is 0 Å². The van der Waals surface area contributed by atoms with Gasteiger partial charge in [-0.25, -0.2) is 8.42 Å². The predicted octanol–water partition coefficient (Wildman–Crippen LogP) is 4.73. The summed E-state index contributed by atoms with van der Waals surface area (Å²) in [7, 11) is -1.88. The van der Waals surface area contributed by atoms with Crippen molar-refractivity contribution in [3.05, 3.63) is 64.2 Å². The van der Waals surface area contributed by atoms with Crippen LogP contribution in [0.5, 0.6) is 0 Å². The molecular weight excluding hydrogens is 330 g/mol. The van der Waals surface area contributed by atoms with Crippen molar-refractivity contribution in [1.82, 2.24) is 4.31 Å². The van der Waals surface area contributed by atoms with E-state index in [-0.39, 0.29) is 5.41 Å². The van der Waals surface area contributed by atoms with Crippen LogP contribution in [-0.2, 0) is 22.0 Å². The van der Waals surface area contributed by atoms with Crippen molar-refractivity contribution in [3.8, 4) is 0 Å². The first kappa shape index (κ1) is 19.7. The summed E-state index contributed by atoms with van der Waals surface area (Å²) in [5.74, 6) is 0. The minimum atomic E-state index is -3.52. The van der Waals surface area contributed by atoms with Crippen LogP contribution in [0.2, 0.25) is 0 Å². The Hall–Kier alpha value is -1.65. The molecule has 0 saturated carbocycles. The van der Waals surface area contributed by atoms with Gasteiger partial charge in [0.1, 0.15) is 0 Å². The van der Waals surface area contributed by atoms with E-state index >= 15 is 0 Å². The molecule has 0 amide bonds. The molecule has 4 heteroatoms.